The van der Waals surface area contributed by atoms with Gasteiger partial charge >= 0.3 is 0 Å². The maximum atomic E-state index is 14.5. The van der Waals surface area contributed by atoms with Crippen molar-refractivity contribution >= 4 is 23.1 Å². The minimum Gasteiger partial charge on any atom is -0.366 e. The monoisotopic (exact) mass is 411 g/mol. The molecule has 2 aromatic carbocycles. The molecule has 0 spiro atoms. The first-order valence-electron chi connectivity index (χ1n) is 9.93. The predicted molar refractivity (Wildman–Crippen MR) is 110 cm³/mol. The number of piperidine rings is 1. The molecule has 30 heavy (non-hydrogen) atoms. The van der Waals surface area contributed by atoms with E-state index in [4.69, 9.17) is 0 Å². The lowest BCUT2D eigenvalue weighted by atomic mass is 10.0. The SMILES string of the molecule is CN1CCC(N(C)C2=C(c3ccccc3)C(=O)N(c3ccc(F)cc3F)C2=O)CC1. The maximum absolute atomic E-state index is 14.5. The van der Waals surface area contributed by atoms with Crippen LogP contribution in [-0.2, 0) is 9.59 Å². The van der Waals surface area contributed by atoms with Gasteiger partial charge in [0.25, 0.3) is 11.8 Å². The quantitative estimate of drug-likeness (QED) is 0.725. The molecule has 1 saturated heterocycles. The zero-order valence-electron chi connectivity index (χ0n) is 16.9. The van der Waals surface area contributed by atoms with E-state index in [2.05, 4.69) is 4.90 Å². The number of imide groups is 1. The summed E-state index contributed by atoms with van der Waals surface area (Å²) in [6.45, 7) is 1.78. The summed E-state index contributed by atoms with van der Waals surface area (Å²) >= 11 is 0. The second kappa shape index (κ2) is 7.99. The van der Waals surface area contributed by atoms with Gasteiger partial charge in [0.2, 0.25) is 0 Å². The molecule has 0 radical (unpaired) electrons. The molecule has 2 amide bonds. The smallest absolute Gasteiger partial charge is 0.282 e. The highest BCUT2D eigenvalue weighted by atomic mass is 19.1. The molecule has 2 aliphatic rings. The van der Waals surface area contributed by atoms with E-state index in [1.54, 1.807) is 24.3 Å². The third kappa shape index (κ3) is 3.50. The number of hydrogen-bond donors (Lipinski definition) is 0. The Bertz CT molecular complexity index is 1010. The minimum atomic E-state index is -0.952. The maximum Gasteiger partial charge on any atom is 0.282 e. The topological polar surface area (TPSA) is 43.9 Å². The van der Waals surface area contributed by atoms with E-state index in [0.717, 1.165) is 43.0 Å². The molecule has 7 heteroatoms. The predicted octanol–water partition coefficient (Wildman–Crippen LogP) is 3.28. The van der Waals surface area contributed by atoms with Crippen LogP contribution in [0.5, 0.6) is 0 Å². The molecule has 0 aliphatic carbocycles. The lowest BCUT2D eigenvalue weighted by Crippen LogP contribution is -2.43. The van der Waals surface area contributed by atoms with Gasteiger partial charge in [-0.15, -0.1) is 0 Å². The second-order valence-electron chi connectivity index (χ2n) is 7.78. The van der Waals surface area contributed by atoms with Crippen molar-refractivity contribution in [1.82, 2.24) is 9.80 Å². The Morgan fingerprint density at radius 2 is 1.63 bits per heavy atom. The van der Waals surface area contributed by atoms with Gasteiger partial charge in [-0.3, -0.25) is 9.59 Å². The van der Waals surface area contributed by atoms with Crippen LogP contribution >= 0.6 is 0 Å². The second-order valence-corrected chi connectivity index (χ2v) is 7.78. The summed E-state index contributed by atoms with van der Waals surface area (Å²) in [6.07, 6.45) is 1.70. The standard InChI is InChI=1S/C23H23F2N3O2/c1-26-12-10-17(11-13-26)27(2)21-20(15-6-4-3-5-7-15)22(29)28(23(21)30)19-9-8-16(24)14-18(19)25/h3-9,14,17H,10-13H2,1-2H3. The van der Waals surface area contributed by atoms with Crippen molar-refractivity contribution in [2.24, 2.45) is 0 Å². The van der Waals surface area contributed by atoms with Crippen LogP contribution in [0, 0.1) is 11.6 Å². The molecule has 2 heterocycles. The fraction of sp³-hybridized carbons (Fsp3) is 0.304. The van der Waals surface area contributed by atoms with E-state index in [1.165, 1.54) is 0 Å². The molecular formula is C23H23F2N3O2. The van der Waals surface area contributed by atoms with Gasteiger partial charge in [0, 0.05) is 19.2 Å². The number of carbonyl (C=O) groups excluding carboxylic acids is 2. The van der Waals surface area contributed by atoms with Gasteiger partial charge in [0.1, 0.15) is 17.3 Å². The number of rotatable bonds is 4. The van der Waals surface area contributed by atoms with E-state index >= 15 is 0 Å². The van der Waals surface area contributed by atoms with Gasteiger partial charge in [0.15, 0.2) is 0 Å². The first-order valence-corrected chi connectivity index (χ1v) is 9.93. The Morgan fingerprint density at radius 1 is 0.967 bits per heavy atom. The van der Waals surface area contributed by atoms with E-state index in [1.807, 2.05) is 25.1 Å². The van der Waals surface area contributed by atoms with Gasteiger partial charge in [-0.05, 0) is 50.7 Å². The Hall–Kier alpha value is -3.06. The normalized spacial score (nSPS) is 18.5. The molecule has 0 unspecified atom stereocenters. The van der Waals surface area contributed by atoms with E-state index in [9.17, 15) is 18.4 Å². The van der Waals surface area contributed by atoms with Crippen molar-refractivity contribution < 1.29 is 18.4 Å². The summed E-state index contributed by atoms with van der Waals surface area (Å²) in [4.78, 5) is 31.7. The van der Waals surface area contributed by atoms with Crippen molar-refractivity contribution in [2.75, 3.05) is 32.1 Å². The third-order valence-corrected chi connectivity index (χ3v) is 5.86. The summed E-state index contributed by atoms with van der Waals surface area (Å²) in [5.41, 5.74) is 0.845. The van der Waals surface area contributed by atoms with Crippen molar-refractivity contribution in [3.05, 3.63) is 71.4 Å². The number of halogens is 2. The molecule has 2 aliphatic heterocycles. The lowest BCUT2D eigenvalue weighted by Gasteiger charge is -2.36. The van der Waals surface area contributed by atoms with E-state index < -0.39 is 23.4 Å². The summed E-state index contributed by atoms with van der Waals surface area (Å²) in [7, 11) is 3.86. The Kier molecular flexibility index (Phi) is 5.39. The molecule has 1 fully saturated rings. The van der Waals surface area contributed by atoms with Crippen LogP contribution in [0.15, 0.2) is 54.2 Å². The van der Waals surface area contributed by atoms with Crippen molar-refractivity contribution in [3.63, 3.8) is 0 Å². The number of benzene rings is 2. The number of anilines is 1. The van der Waals surface area contributed by atoms with Crippen LogP contribution in [-0.4, -0.2) is 54.8 Å². The van der Waals surface area contributed by atoms with Crippen molar-refractivity contribution in [2.45, 2.75) is 18.9 Å². The van der Waals surface area contributed by atoms with Crippen molar-refractivity contribution in [1.29, 1.82) is 0 Å². The van der Waals surface area contributed by atoms with Gasteiger partial charge in [-0.25, -0.2) is 13.7 Å². The number of amides is 2. The van der Waals surface area contributed by atoms with Gasteiger partial charge in [0.05, 0.1) is 11.3 Å². The summed E-state index contributed by atoms with van der Waals surface area (Å²) in [5, 5.41) is 0. The van der Waals surface area contributed by atoms with Gasteiger partial charge < -0.3 is 9.80 Å². The van der Waals surface area contributed by atoms with E-state index in [0.29, 0.717) is 11.6 Å². The number of hydrogen-bond acceptors (Lipinski definition) is 4. The zero-order chi connectivity index (χ0) is 21.4. The highest BCUT2D eigenvalue weighted by Gasteiger charge is 2.44. The van der Waals surface area contributed by atoms with Crippen molar-refractivity contribution in [3.8, 4) is 0 Å². The average molecular weight is 411 g/mol. The fourth-order valence-electron chi connectivity index (χ4n) is 4.16. The van der Waals surface area contributed by atoms with Crippen LogP contribution in [0.25, 0.3) is 5.57 Å². The first kappa shape index (κ1) is 20.2. The van der Waals surface area contributed by atoms with Gasteiger partial charge in [-0.2, -0.15) is 0 Å². The number of likely N-dealkylation sites (N-methyl/N-ethyl adjacent to an activating group) is 1. The Labute approximate surface area is 174 Å². The lowest BCUT2D eigenvalue weighted by molar-refractivity contribution is -0.120. The molecule has 4 rings (SSSR count). The Morgan fingerprint density at radius 3 is 2.27 bits per heavy atom. The minimum absolute atomic E-state index is 0.0877. The molecule has 2 aromatic rings. The molecule has 0 aromatic heterocycles. The van der Waals surface area contributed by atoms with Crippen LogP contribution in [0.1, 0.15) is 18.4 Å². The number of carbonyl (C=O) groups is 2. The van der Waals surface area contributed by atoms with Crippen LogP contribution < -0.4 is 4.90 Å². The average Bonchev–Trinajstić information content (AvgIpc) is 2.99. The van der Waals surface area contributed by atoms with Crippen LogP contribution in [0.3, 0.4) is 0 Å². The highest BCUT2D eigenvalue weighted by molar-refractivity contribution is 6.45. The largest absolute Gasteiger partial charge is 0.366 e. The molecule has 0 N–H and O–H groups in total. The fourth-order valence-corrected chi connectivity index (χ4v) is 4.16. The number of nitrogens with zero attached hydrogens (tertiary/aromatic N) is 3. The summed E-state index contributed by atoms with van der Waals surface area (Å²) in [6, 6.07) is 11.8. The van der Waals surface area contributed by atoms with Crippen LogP contribution in [0.4, 0.5) is 14.5 Å². The first-order chi connectivity index (χ1) is 14.4. The van der Waals surface area contributed by atoms with E-state index in [-0.39, 0.29) is 23.0 Å². The number of likely N-dealkylation sites (tertiary alicyclic amines) is 1. The Balaban J connectivity index is 1.79. The molecular weight excluding hydrogens is 388 g/mol. The molecule has 156 valence electrons. The van der Waals surface area contributed by atoms with Crippen LogP contribution in [0.2, 0.25) is 0 Å². The molecule has 0 saturated carbocycles. The zero-order valence-corrected chi connectivity index (χ0v) is 16.9. The highest BCUT2D eigenvalue weighted by Crippen LogP contribution is 2.37. The van der Waals surface area contributed by atoms with Gasteiger partial charge in [-0.1, -0.05) is 30.3 Å². The molecule has 0 atom stereocenters. The third-order valence-electron chi connectivity index (χ3n) is 5.86. The summed E-state index contributed by atoms with van der Waals surface area (Å²) in [5.74, 6) is -2.92. The molecule has 5 nitrogen and oxygen atoms in total. The molecule has 0 bridgehead atoms. The summed E-state index contributed by atoms with van der Waals surface area (Å²) < 4.78 is 27.9.